The molecular formula is C15H30. The van der Waals surface area contributed by atoms with Crippen LogP contribution in [0.4, 0.5) is 0 Å². The first-order chi connectivity index (χ1) is 7.36. The molecule has 0 unspecified atom stereocenters. The maximum absolute atomic E-state index is 2.32. The highest BCUT2D eigenvalue weighted by Gasteiger charge is 2.19. The molecule has 0 aliphatic heterocycles. The Morgan fingerprint density at radius 1 is 0.667 bits per heavy atom. The molecule has 15 heavy (non-hydrogen) atoms. The normalized spacial score (nSPS) is 26.8. The molecule has 0 atom stereocenters. The van der Waals surface area contributed by atoms with E-state index < -0.39 is 0 Å². The Morgan fingerprint density at radius 2 is 1.13 bits per heavy atom. The van der Waals surface area contributed by atoms with Crippen LogP contribution in [-0.2, 0) is 0 Å². The molecule has 0 spiro atoms. The fourth-order valence-corrected chi connectivity index (χ4v) is 2.98. The average molecular weight is 210 g/mol. The molecule has 0 radical (unpaired) electrons. The van der Waals surface area contributed by atoms with Crippen molar-refractivity contribution >= 4 is 0 Å². The summed E-state index contributed by atoms with van der Waals surface area (Å²) >= 11 is 0. The minimum Gasteiger partial charge on any atom is -0.0654 e. The molecule has 1 aliphatic carbocycles. The van der Waals surface area contributed by atoms with Gasteiger partial charge < -0.3 is 0 Å². The topological polar surface area (TPSA) is 0 Å². The molecule has 0 aromatic rings. The van der Waals surface area contributed by atoms with Crippen LogP contribution in [0.2, 0.25) is 0 Å². The summed E-state index contributed by atoms with van der Waals surface area (Å²) in [5, 5.41) is 0. The highest BCUT2D eigenvalue weighted by atomic mass is 14.3. The minimum absolute atomic E-state index is 1.09. The van der Waals surface area contributed by atoms with E-state index in [0.717, 1.165) is 11.8 Å². The SMILES string of the molecule is CCCCCC1CCC(CCCC)CC1. The third kappa shape index (κ3) is 5.58. The second-order valence-electron chi connectivity index (χ2n) is 5.52. The molecule has 1 saturated carbocycles. The molecule has 90 valence electrons. The Bertz CT molecular complexity index is 131. The smallest absolute Gasteiger partial charge is 0.0414 e. The van der Waals surface area contributed by atoms with Crippen LogP contribution >= 0.6 is 0 Å². The highest BCUT2D eigenvalue weighted by Crippen LogP contribution is 2.34. The van der Waals surface area contributed by atoms with Crippen molar-refractivity contribution in [2.24, 2.45) is 11.8 Å². The van der Waals surface area contributed by atoms with E-state index in [9.17, 15) is 0 Å². The maximum Gasteiger partial charge on any atom is -0.0414 e. The number of hydrogen-bond acceptors (Lipinski definition) is 0. The van der Waals surface area contributed by atoms with Crippen LogP contribution in [0.5, 0.6) is 0 Å². The van der Waals surface area contributed by atoms with Crippen LogP contribution < -0.4 is 0 Å². The summed E-state index contributed by atoms with van der Waals surface area (Å²) in [6, 6.07) is 0. The van der Waals surface area contributed by atoms with Gasteiger partial charge in [-0.1, -0.05) is 84.5 Å². The first-order valence-corrected chi connectivity index (χ1v) is 7.36. The van der Waals surface area contributed by atoms with E-state index >= 15 is 0 Å². The molecule has 0 saturated heterocycles. The van der Waals surface area contributed by atoms with Crippen LogP contribution in [0.25, 0.3) is 0 Å². The zero-order valence-corrected chi connectivity index (χ0v) is 10.9. The maximum atomic E-state index is 2.32. The highest BCUT2D eigenvalue weighted by molar-refractivity contribution is 4.72. The predicted molar refractivity (Wildman–Crippen MR) is 69.1 cm³/mol. The molecule has 0 N–H and O–H groups in total. The number of rotatable bonds is 7. The van der Waals surface area contributed by atoms with E-state index in [1.54, 1.807) is 0 Å². The van der Waals surface area contributed by atoms with Crippen molar-refractivity contribution in [3.8, 4) is 0 Å². The summed E-state index contributed by atoms with van der Waals surface area (Å²) in [6.45, 7) is 4.62. The summed E-state index contributed by atoms with van der Waals surface area (Å²) < 4.78 is 0. The van der Waals surface area contributed by atoms with Crippen molar-refractivity contribution in [3.05, 3.63) is 0 Å². The molecule has 0 amide bonds. The molecule has 1 rings (SSSR count). The second kappa shape index (κ2) is 8.19. The largest absolute Gasteiger partial charge is 0.0654 e. The van der Waals surface area contributed by atoms with Crippen LogP contribution in [0.15, 0.2) is 0 Å². The fourth-order valence-electron chi connectivity index (χ4n) is 2.98. The molecule has 0 aromatic heterocycles. The first-order valence-electron chi connectivity index (χ1n) is 7.36. The average Bonchev–Trinajstić information content (AvgIpc) is 2.28. The molecule has 0 heterocycles. The van der Waals surface area contributed by atoms with Gasteiger partial charge in [0.2, 0.25) is 0 Å². The predicted octanol–water partition coefficient (Wildman–Crippen LogP) is 5.56. The third-order valence-corrected chi connectivity index (χ3v) is 4.15. The van der Waals surface area contributed by atoms with Crippen molar-refractivity contribution in [1.29, 1.82) is 0 Å². The van der Waals surface area contributed by atoms with Crippen molar-refractivity contribution < 1.29 is 0 Å². The molecule has 1 aliphatic rings. The molecule has 0 aromatic carbocycles. The van der Waals surface area contributed by atoms with Gasteiger partial charge in [-0.05, 0) is 11.8 Å². The van der Waals surface area contributed by atoms with Gasteiger partial charge in [0, 0.05) is 0 Å². The third-order valence-electron chi connectivity index (χ3n) is 4.15. The van der Waals surface area contributed by atoms with Gasteiger partial charge in [-0.15, -0.1) is 0 Å². The fraction of sp³-hybridized carbons (Fsp3) is 1.00. The van der Waals surface area contributed by atoms with Crippen LogP contribution in [-0.4, -0.2) is 0 Å². The monoisotopic (exact) mass is 210 g/mol. The molecule has 0 nitrogen and oxygen atoms in total. The van der Waals surface area contributed by atoms with E-state index in [1.807, 2.05) is 0 Å². The van der Waals surface area contributed by atoms with Gasteiger partial charge in [0.05, 0.1) is 0 Å². The zero-order chi connectivity index (χ0) is 10.9. The lowest BCUT2D eigenvalue weighted by atomic mass is 9.78. The van der Waals surface area contributed by atoms with Gasteiger partial charge in [0.15, 0.2) is 0 Å². The standard InChI is InChI=1S/C15H30/c1-3-5-7-9-15-12-10-14(11-13-15)8-6-4-2/h14-15H,3-13H2,1-2H3. The molecule has 0 bridgehead atoms. The van der Waals surface area contributed by atoms with Crippen LogP contribution in [0.3, 0.4) is 0 Å². The van der Waals surface area contributed by atoms with E-state index in [1.165, 1.54) is 70.6 Å². The summed E-state index contributed by atoms with van der Waals surface area (Å²) in [4.78, 5) is 0. The van der Waals surface area contributed by atoms with Crippen LogP contribution in [0.1, 0.15) is 84.5 Å². The zero-order valence-electron chi connectivity index (χ0n) is 10.9. The van der Waals surface area contributed by atoms with Gasteiger partial charge in [-0.2, -0.15) is 0 Å². The van der Waals surface area contributed by atoms with E-state index in [2.05, 4.69) is 13.8 Å². The van der Waals surface area contributed by atoms with Gasteiger partial charge >= 0.3 is 0 Å². The number of unbranched alkanes of at least 4 members (excludes halogenated alkanes) is 3. The second-order valence-corrected chi connectivity index (χ2v) is 5.52. The van der Waals surface area contributed by atoms with Crippen molar-refractivity contribution in [2.75, 3.05) is 0 Å². The summed E-state index contributed by atoms with van der Waals surface area (Å²) in [5.74, 6) is 2.18. The van der Waals surface area contributed by atoms with Crippen molar-refractivity contribution in [3.63, 3.8) is 0 Å². The van der Waals surface area contributed by atoms with Crippen molar-refractivity contribution in [1.82, 2.24) is 0 Å². The van der Waals surface area contributed by atoms with Gasteiger partial charge in [0.1, 0.15) is 0 Å². The van der Waals surface area contributed by atoms with E-state index in [0.29, 0.717) is 0 Å². The van der Waals surface area contributed by atoms with Crippen molar-refractivity contribution in [2.45, 2.75) is 84.5 Å². The Kier molecular flexibility index (Phi) is 7.13. The number of hydrogen-bond donors (Lipinski definition) is 0. The Balaban J connectivity index is 2.02. The first kappa shape index (κ1) is 13.1. The summed E-state index contributed by atoms with van der Waals surface area (Å²) in [5.41, 5.74) is 0. The lowest BCUT2D eigenvalue weighted by Gasteiger charge is -2.28. The van der Waals surface area contributed by atoms with Gasteiger partial charge in [-0.3, -0.25) is 0 Å². The van der Waals surface area contributed by atoms with E-state index in [4.69, 9.17) is 0 Å². The summed E-state index contributed by atoms with van der Waals surface area (Å²) in [6.07, 6.45) is 16.4. The lowest BCUT2D eigenvalue weighted by Crippen LogP contribution is -2.14. The Labute approximate surface area is 96.8 Å². The van der Waals surface area contributed by atoms with Gasteiger partial charge in [0.25, 0.3) is 0 Å². The van der Waals surface area contributed by atoms with Crippen LogP contribution in [0, 0.1) is 11.8 Å². The Hall–Kier alpha value is 0. The minimum atomic E-state index is 1.09. The lowest BCUT2D eigenvalue weighted by molar-refractivity contribution is 0.246. The Morgan fingerprint density at radius 3 is 1.60 bits per heavy atom. The molecule has 1 fully saturated rings. The quantitative estimate of drug-likeness (QED) is 0.482. The molecule has 0 heteroatoms. The molecular weight excluding hydrogens is 180 g/mol. The van der Waals surface area contributed by atoms with E-state index in [-0.39, 0.29) is 0 Å². The van der Waals surface area contributed by atoms with Gasteiger partial charge in [-0.25, -0.2) is 0 Å². The summed E-state index contributed by atoms with van der Waals surface area (Å²) in [7, 11) is 0.